The monoisotopic (exact) mass is 353 g/mol. The van der Waals surface area contributed by atoms with Crippen LogP contribution in [0.25, 0.3) is 0 Å². The first-order chi connectivity index (χ1) is 11.4. The Hall–Kier alpha value is -2.87. The van der Waals surface area contributed by atoms with E-state index in [2.05, 4.69) is 10.6 Å². The second-order valence-corrected chi connectivity index (χ2v) is 5.10. The van der Waals surface area contributed by atoms with Gasteiger partial charge in [-0.3, -0.25) is 14.9 Å². The van der Waals surface area contributed by atoms with Crippen molar-refractivity contribution in [1.82, 2.24) is 0 Å². The molecule has 0 aromatic heterocycles. The molecule has 0 unspecified atom stereocenters. The number of nitrogens with one attached hydrogen (secondary N) is 2. The largest absolute Gasteiger partial charge is 0.495 e. The van der Waals surface area contributed by atoms with Gasteiger partial charge in [-0.2, -0.15) is 0 Å². The lowest BCUT2D eigenvalue weighted by Crippen LogP contribution is -2.22. The number of nitro benzene ring substituents is 1. The Kier molecular flexibility index (Phi) is 5.54. The standard InChI is InChI=1S/C15H13ClFN3O4/c1-24-14-5-3-10(20(22)23)7-13(14)18-8-15(21)19-12-4-2-9(16)6-11(12)17/h2-7,18H,8H2,1H3,(H,19,21). The van der Waals surface area contributed by atoms with Crippen LogP contribution >= 0.6 is 11.6 Å². The molecular weight excluding hydrogens is 341 g/mol. The van der Waals surface area contributed by atoms with Gasteiger partial charge < -0.3 is 15.4 Å². The van der Waals surface area contributed by atoms with Crippen LogP contribution in [0.4, 0.5) is 21.5 Å². The van der Waals surface area contributed by atoms with Gasteiger partial charge >= 0.3 is 0 Å². The number of methoxy groups -OCH3 is 1. The Labute approximate surface area is 141 Å². The van der Waals surface area contributed by atoms with Crippen LogP contribution in [0.2, 0.25) is 5.02 Å². The molecule has 0 aliphatic rings. The maximum absolute atomic E-state index is 13.6. The van der Waals surface area contributed by atoms with E-state index < -0.39 is 16.6 Å². The van der Waals surface area contributed by atoms with E-state index in [-0.39, 0.29) is 28.6 Å². The van der Waals surface area contributed by atoms with Crippen molar-refractivity contribution in [3.05, 3.63) is 57.4 Å². The Balaban J connectivity index is 2.05. The summed E-state index contributed by atoms with van der Waals surface area (Å²) >= 11 is 5.63. The summed E-state index contributed by atoms with van der Waals surface area (Å²) in [5.74, 6) is -0.861. The minimum absolute atomic E-state index is 0.0165. The Morgan fingerprint density at radius 1 is 1.29 bits per heavy atom. The summed E-state index contributed by atoms with van der Waals surface area (Å²) in [6.45, 7) is -0.237. The van der Waals surface area contributed by atoms with E-state index in [9.17, 15) is 19.3 Å². The molecule has 7 nitrogen and oxygen atoms in total. The van der Waals surface area contributed by atoms with Crippen molar-refractivity contribution in [2.24, 2.45) is 0 Å². The second-order valence-electron chi connectivity index (χ2n) is 4.67. The first-order valence-electron chi connectivity index (χ1n) is 6.72. The molecular formula is C15H13ClFN3O4. The van der Waals surface area contributed by atoms with Gasteiger partial charge in [0, 0.05) is 17.2 Å². The summed E-state index contributed by atoms with van der Waals surface area (Å²) in [6.07, 6.45) is 0. The zero-order chi connectivity index (χ0) is 17.7. The molecule has 0 atom stereocenters. The van der Waals surface area contributed by atoms with Crippen LogP contribution < -0.4 is 15.4 Å². The number of anilines is 2. The molecule has 24 heavy (non-hydrogen) atoms. The number of carbonyl (C=O) groups excluding carboxylic acids is 1. The predicted octanol–water partition coefficient (Wildman–Crippen LogP) is 3.45. The SMILES string of the molecule is COc1ccc([N+](=O)[O-])cc1NCC(=O)Nc1ccc(Cl)cc1F. The van der Waals surface area contributed by atoms with Crippen molar-refractivity contribution in [3.8, 4) is 5.75 Å². The summed E-state index contributed by atoms with van der Waals surface area (Å²) in [7, 11) is 1.40. The van der Waals surface area contributed by atoms with E-state index in [1.807, 2.05) is 0 Å². The van der Waals surface area contributed by atoms with Gasteiger partial charge in [-0.1, -0.05) is 11.6 Å². The quantitative estimate of drug-likeness (QED) is 0.613. The average molecular weight is 354 g/mol. The third-order valence-corrected chi connectivity index (χ3v) is 3.27. The molecule has 2 N–H and O–H groups in total. The molecule has 0 bridgehead atoms. The highest BCUT2D eigenvalue weighted by Crippen LogP contribution is 2.28. The van der Waals surface area contributed by atoms with E-state index in [4.69, 9.17) is 16.3 Å². The third kappa shape index (κ3) is 4.32. The zero-order valence-electron chi connectivity index (χ0n) is 12.5. The fourth-order valence-electron chi connectivity index (χ4n) is 1.91. The molecule has 0 saturated heterocycles. The summed E-state index contributed by atoms with van der Waals surface area (Å²) in [4.78, 5) is 22.1. The van der Waals surface area contributed by atoms with Gasteiger partial charge in [0.25, 0.3) is 5.69 Å². The van der Waals surface area contributed by atoms with E-state index in [1.165, 1.54) is 37.4 Å². The van der Waals surface area contributed by atoms with Gasteiger partial charge in [0.05, 0.1) is 30.0 Å². The van der Waals surface area contributed by atoms with Gasteiger partial charge in [-0.25, -0.2) is 4.39 Å². The second kappa shape index (κ2) is 7.60. The van der Waals surface area contributed by atoms with Gasteiger partial charge in [-0.15, -0.1) is 0 Å². The number of benzene rings is 2. The Morgan fingerprint density at radius 2 is 2.04 bits per heavy atom. The van der Waals surface area contributed by atoms with Crippen molar-refractivity contribution in [2.45, 2.75) is 0 Å². The van der Waals surface area contributed by atoms with Crippen molar-refractivity contribution < 1.29 is 18.8 Å². The first kappa shape index (κ1) is 17.5. The minimum Gasteiger partial charge on any atom is -0.495 e. The summed E-state index contributed by atoms with van der Waals surface area (Å²) in [6, 6.07) is 7.80. The molecule has 0 radical (unpaired) electrons. The van der Waals surface area contributed by atoms with Gasteiger partial charge in [0.15, 0.2) is 0 Å². The van der Waals surface area contributed by atoms with Crippen LogP contribution in [-0.2, 0) is 4.79 Å². The number of hydrogen-bond donors (Lipinski definition) is 2. The number of ether oxygens (including phenoxy) is 1. The lowest BCUT2D eigenvalue weighted by molar-refractivity contribution is -0.384. The lowest BCUT2D eigenvalue weighted by Gasteiger charge is -2.11. The molecule has 9 heteroatoms. The molecule has 0 heterocycles. The maximum atomic E-state index is 13.6. The highest BCUT2D eigenvalue weighted by atomic mass is 35.5. The van der Waals surface area contributed by atoms with Crippen molar-refractivity contribution in [2.75, 3.05) is 24.3 Å². The fraction of sp³-hybridized carbons (Fsp3) is 0.133. The van der Waals surface area contributed by atoms with Crippen molar-refractivity contribution in [3.63, 3.8) is 0 Å². The van der Waals surface area contributed by atoms with E-state index in [1.54, 1.807) is 0 Å². The lowest BCUT2D eigenvalue weighted by atomic mass is 10.2. The number of hydrogen-bond acceptors (Lipinski definition) is 5. The van der Waals surface area contributed by atoms with Crippen LogP contribution in [0.3, 0.4) is 0 Å². The maximum Gasteiger partial charge on any atom is 0.271 e. The van der Waals surface area contributed by atoms with E-state index in [0.717, 1.165) is 6.07 Å². The number of nitro groups is 1. The van der Waals surface area contributed by atoms with Crippen molar-refractivity contribution in [1.29, 1.82) is 0 Å². The molecule has 126 valence electrons. The highest BCUT2D eigenvalue weighted by molar-refractivity contribution is 6.30. The number of amides is 1. The van der Waals surface area contributed by atoms with Crippen LogP contribution in [0, 0.1) is 15.9 Å². The molecule has 1 amide bonds. The van der Waals surface area contributed by atoms with Gasteiger partial charge in [-0.05, 0) is 24.3 Å². The van der Waals surface area contributed by atoms with E-state index in [0.29, 0.717) is 5.75 Å². The van der Waals surface area contributed by atoms with Crippen LogP contribution in [0.1, 0.15) is 0 Å². The fourth-order valence-corrected chi connectivity index (χ4v) is 2.07. The molecule has 0 aliphatic carbocycles. The minimum atomic E-state index is -0.663. The molecule has 2 rings (SSSR count). The smallest absolute Gasteiger partial charge is 0.271 e. The number of non-ortho nitro benzene ring substituents is 1. The normalized spacial score (nSPS) is 10.1. The number of nitrogens with zero attached hydrogens (tertiary/aromatic N) is 1. The summed E-state index contributed by atoms with van der Waals surface area (Å²) in [5.41, 5.74) is 0.109. The molecule has 0 fully saturated rings. The number of rotatable bonds is 6. The summed E-state index contributed by atoms with van der Waals surface area (Å²) in [5, 5.41) is 16.1. The van der Waals surface area contributed by atoms with E-state index >= 15 is 0 Å². The number of carbonyl (C=O) groups is 1. The van der Waals surface area contributed by atoms with Crippen LogP contribution in [-0.4, -0.2) is 24.5 Å². The molecule has 0 spiro atoms. The molecule has 2 aromatic carbocycles. The zero-order valence-corrected chi connectivity index (χ0v) is 13.3. The number of halogens is 2. The summed E-state index contributed by atoms with van der Waals surface area (Å²) < 4.78 is 18.7. The third-order valence-electron chi connectivity index (χ3n) is 3.04. The molecule has 0 aliphatic heterocycles. The van der Waals surface area contributed by atoms with Gasteiger partial charge in [0.1, 0.15) is 11.6 Å². The molecule has 2 aromatic rings. The average Bonchev–Trinajstić information content (AvgIpc) is 2.55. The predicted molar refractivity (Wildman–Crippen MR) is 88.2 cm³/mol. The van der Waals surface area contributed by atoms with Crippen LogP contribution in [0.15, 0.2) is 36.4 Å². The topological polar surface area (TPSA) is 93.5 Å². The highest BCUT2D eigenvalue weighted by Gasteiger charge is 2.13. The Bertz CT molecular complexity index is 785. The van der Waals surface area contributed by atoms with Gasteiger partial charge in [0.2, 0.25) is 5.91 Å². The van der Waals surface area contributed by atoms with Crippen LogP contribution in [0.5, 0.6) is 5.75 Å². The van der Waals surface area contributed by atoms with Crippen molar-refractivity contribution >= 4 is 34.6 Å². The Morgan fingerprint density at radius 3 is 2.67 bits per heavy atom. The molecule has 0 saturated carbocycles. The first-order valence-corrected chi connectivity index (χ1v) is 7.09.